The Morgan fingerprint density at radius 1 is 1.11 bits per heavy atom. The Morgan fingerprint density at radius 2 is 1.89 bits per heavy atom. The summed E-state index contributed by atoms with van der Waals surface area (Å²) in [7, 11) is 1.57. The molecule has 0 bridgehead atoms. The maximum absolute atomic E-state index is 13.3. The standard InChI is InChI=1S/C26H21N3O5S/c1-3-34-17-8-6-15(7-9-17)23(30)21-22(16-5-4-12-27-14-16)29(25(32)24(21)31)26-28-19-11-10-18(33-2)13-20(19)35-26/h4-14,22,30H,3H2,1-2H3. The molecule has 4 aromatic rings. The van der Waals surface area contributed by atoms with Gasteiger partial charge in [0.25, 0.3) is 5.78 Å². The van der Waals surface area contributed by atoms with Gasteiger partial charge in [0.2, 0.25) is 0 Å². The van der Waals surface area contributed by atoms with Crippen molar-refractivity contribution in [3.63, 3.8) is 0 Å². The molecule has 1 saturated heterocycles. The van der Waals surface area contributed by atoms with Gasteiger partial charge >= 0.3 is 5.91 Å². The van der Waals surface area contributed by atoms with Gasteiger partial charge in [-0.05, 0) is 61.0 Å². The Labute approximate surface area is 205 Å². The number of benzene rings is 2. The van der Waals surface area contributed by atoms with E-state index >= 15 is 0 Å². The molecule has 0 spiro atoms. The highest BCUT2D eigenvalue weighted by atomic mass is 32.1. The lowest BCUT2D eigenvalue weighted by Crippen LogP contribution is -2.29. The molecule has 9 heteroatoms. The van der Waals surface area contributed by atoms with E-state index in [0.29, 0.717) is 39.9 Å². The first-order valence-electron chi connectivity index (χ1n) is 10.9. The van der Waals surface area contributed by atoms with E-state index in [1.807, 2.05) is 13.0 Å². The number of thiazole rings is 1. The number of aliphatic hydroxyl groups is 1. The van der Waals surface area contributed by atoms with Crippen LogP contribution < -0.4 is 14.4 Å². The van der Waals surface area contributed by atoms with E-state index in [2.05, 4.69) is 9.97 Å². The third-order valence-corrected chi connectivity index (χ3v) is 6.69. The molecule has 1 atom stereocenters. The van der Waals surface area contributed by atoms with Crippen LogP contribution in [0.15, 0.2) is 72.6 Å². The second-order valence-electron chi connectivity index (χ2n) is 7.74. The number of amides is 1. The van der Waals surface area contributed by atoms with E-state index in [1.54, 1.807) is 68.0 Å². The van der Waals surface area contributed by atoms with Gasteiger partial charge in [0, 0.05) is 18.0 Å². The topological polar surface area (TPSA) is 102 Å². The van der Waals surface area contributed by atoms with Crippen LogP contribution in [0.3, 0.4) is 0 Å². The predicted octanol–water partition coefficient (Wildman–Crippen LogP) is 4.72. The van der Waals surface area contributed by atoms with E-state index in [9.17, 15) is 14.7 Å². The van der Waals surface area contributed by atoms with Crippen molar-refractivity contribution in [3.8, 4) is 11.5 Å². The molecular weight excluding hydrogens is 466 g/mol. The number of ketones is 1. The number of anilines is 1. The summed E-state index contributed by atoms with van der Waals surface area (Å²) in [6, 6.07) is 14.7. The first-order valence-corrected chi connectivity index (χ1v) is 11.7. The van der Waals surface area contributed by atoms with Crippen LogP contribution in [0, 0.1) is 0 Å². The van der Waals surface area contributed by atoms with Crippen molar-refractivity contribution in [1.82, 2.24) is 9.97 Å². The number of pyridine rings is 1. The lowest BCUT2D eigenvalue weighted by Gasteiger charge is -2.22. The van der Waals surface area contributed by atoms with Crippen molar-refractivity contribution < 1.29 is 24.2 Å². The largest absolute Gasteiger partial charge is 0.507 e. The molecule has 0 aliphatic carbocycles. The number of nitrogens with zero attached hydrogens (tertiary/aromatic N) is 3. The van der Waals surface area contributed by atoms with Gasteiger partial charge in [0.05, 0.1) is 35.5 Å². The summed E-state index contributed by atoms with van der Waals surface area (Å²) >= 11 is 1.27. The average Bonchev–Trinajstić information content (AvgIpc) is 3.42. The molecule has 176 valence electrons. The number of methoxy groups -OCH3 is 1. The van der Waals surface area contributed by atoms with Crippen molar-refractivity contribution in [2.75, 3.05) is 18.6 Å². The highest BCUT2D eigenvalue weighted by Gasteiger charge is 2.48. The average molecular weight is 488 g/mol. The van der Waals surface area contributed by atoms with Gasteiger partial charge in [-0.25, -0.2) is 4.98 Å². The quantitative estimate of drug-likeness (QED) is 0.238. The molecule has 1 aliphatic heterocycles. The lowest BCUT2D eigenvalue weighted by molar-refractivity contribution is -0.132. The smallest absolute Gasteiger partial charge is 0.301 e. The van der Waals surface area contributed by atoms with Gasteiger partial charge in [-0.15, -0.1) is 0 Å². The summed E-state index contributed by atoms with van der Waals surface area (Å²) < 4.78 is 11.6. The number of hydrogen-bond donors (Lipinski definition) is 1. The second kappa shape index (κ2) is 9.19. The SMILES string of the molecule is CCOc1ccc(C(O)=C2C(=O)C(=O)N(c3nc4ccc(OC)cc4s3)C2c2cccnc2)cc1. The highest BCUT2D eigenvalue weighted by Crippen LogP contribution is 2.44. The fraction of sp³-hybridized carbons (Fsp3) is 0.154. The molecule has 35 heavy (non-hydrogen) atoms. The van der Waals surface area contributed by atoms with Crippen LogP contribution in [0.25, 0.3) is 16.0 Å². The number of ether oxygens (including phenoxy) is 2. The minimum absolute atomic E-state index is 0.0241. The molecule has 1 amide bonds. The number of Topliss-reactive ketones (excluding diaryl/α,β-unsaturated/α-hetero) is 1. The number of aliphatic hydroxyl groups excluding tert-OH is 1. The van der Waals surface area contributed by atoms with Crippen LogP contribution in [0.5, 0.6) is 11.5 Å². The van der Waals surface area contributed by atoms with Crippen LogP contribution >= 0.6 is 11.3 Å². The first-order chi connectivity index (χ1) is 17.0. The molecule has 5 rings (SSSR count). The van der Waals surface area contributed by atoms with E-state index < -0.39 is 17.7 Å². The second-order valence-corrected chi connectivity index (χ2v) is 8.75. The van der Waals surface area contributed by atoms with Crippen molar-refractivity contribution in [2.45, 2.75) is 13.0 Å². The molecule has 0 radical (unpaired) electrons. The number of fused-ring (bicyclic) bond motifs is 1. The van der Waals surface area contributed by atoms with Crippen LogP contribution in [0.1, 0.15) is 24.1 Å². The molecule has 2 aromatic heterocycles. The Kier molecular flexibility index (Phi) is 5.92. The van der Waals surface area contributed by atoms with Crippen molar-refractivity contribution >= 4 is 44.1 Å². The van der Waals surface area contributed by atoms with Gasteiger partial charge in [-0.2, -0.15) is 0 Å². The molecule has 1 unspecified atom stereocenters. The Balaban J connectivity index is 1.66. The Morgan fingerprint density at radius 3 is 2.57 bits per heavy atom. The Hall–Kier alpha value is -4.24. The number of rotatable bonds is 6. The number of hydrogen-bond acceptors (Lipinski definition) is 8. The Bertz CT molecular complexity index is 1450. The monoisotopic (exact) mass is 487 g/mol. The summed E-state index contributed by atoms with van der Waals surface area (Å²) in [5, 5.41) is 11.6. The lowest BCUT2D eigenvalue weighted by atomic mass is 9.96. The maximum Gasteiger partial charge on any atom is 0.301 e. The molecule has 1 N–H and O–H groups in total. The summed E-state index contributed by atoms with van der Waals surface area (Å²) in [6.07, 6.45) is 3.18. The van der Waals surface area contributed by atoms with E-state index in [4.69, 9.17) is 9.47 Å². The normalized spacial score (nSPS) is 17.2. The zero-order valence-corrected chi connectivity index (χ0v) is 19.8. The predicted molar refractivity (Wildman–Crippen MR) is 133 cm³/mol. The number of carbonyl (C=O) groups excluding carboxylic acids is 2. The van der Waals surface area contributed by atoms with Gasteiger partial charge < -0.3 is 14.6 Å². The van der Waals surface area contributed by atoms with E-state index in [1.165, 1.54) is 16.2 Å². The van der Waals surface area contributed by atoms with Crippen molar-refractivity contribution in [1.29, 1.82) is 0 Å². The minimum Gasteiger partial charge on any atom is -0.507 e. The fourth-order valence-electron chi connectivity index (χ4n) is 4.04. The molecule has 3 heterocycles. The van der Waals surface area contributed by atoms with Crippen LogP contribution in [0.2, 0.25) is 0 Å². The van der Waals surface area contributed by atoms with Crippen molar-refractivity contribution in [3.05, 3.63) is 83.7 Å². The molecule has 2 aromatic carbocycles. The highest BCUT2D eigenvalue weighted by molar-refractivity contribution is 7.22. The number of aromatic nitrogens is 2. The molecule has 1 aliphatic rings. The molecular formula is C26H21N3O5S. The third kappa shape index (κ3) is 4.00. The van der Waals surface area contributed by atoms with Crippen LogP contribution in [-0.4, -0.2) is 40.5 Å². The van der Waals surface area contributed by atoms with Crippen LogP contribution in [-0.2, 0) is 9.59 Å². The first kappa shape index (κ1) is 22.5. The van der Waals surface area contributed by atoms with E-state index in [0.717, 1.165) is 4.70 Å². The summed E-state index contributed by atoms with van der Waals surface area (Å²) in [6.45, 7) is 2.38. The zero-order valence-electron chi connectivity index (χ0n) is 19.0. The van der Waals surface area contributed by atoms with Gasteiger partial charge in [-0.3, -0.25) is 19.5 Å². The number of carbonyl (C=O) groups is 2. The molecule has 0 saturated carbocycles. The van der Waals surface area contributed by atoms with Crippen molar-refractivity contribution in [2.24, 2.45) is 0 Å². The molecule has 1 fully saturated rings. The maximum atomic E-state index is 13.3. The van der Waals surface area contributed by atoms with Gasteiger partial charge in [0.15, 0.2) is 5.13 Å². The van der Waals surface area contributed by atoms with E-state index in [-0.39, 0.29) is 11.3 Å². The fourth-order valence-corrected chi connectivity index (χ4v) is 5.06. The van der Waals surface area contributed by atoms with Crippen LogP contribution in [0.4, 0.5) is 5.13 Å². The third-order valence-electron chi connectivity index (χ3n) is 5.67. The summed E-state index contributed by atoms with van der Waals surface area (Å²) in [4.78, 5) is 36.7. The van der Waals surface area contributed by atoms with Gasteiger partial charge in [0.1, 0.15) is 17.3 Å². The minimum atomic E-state index is -0.891. The zero-order chi connectivity index (χ0) is 24.5. The van der Waals surface area contributed by atoms with Gasteiger partial charge in [-0.1, -0.05) is 17.4 Å². The summed E-state index contributed by atoms with van der Waals surface area (Å²) in [5.74, 6) is -0.530. The summed E-state index contributed by atoms with van der Waals surface area (Å²) in [5.41, 5.74) is 1.62. The molecule has 8 nitrogen and oxygen atoms in total.